The van der Waals surface area contributed by atoms with Gasteiger partial charge in [-0.25, -0.2) is 14.0 Å². The number of urea groups is 1. The maximum Gasteiger partial charge on any atom is 0.338 e. The third-order valence-corrected chi connectivity index (χ3v) is 6.44. The van der Waals surface area contributed by atoms with Crippen LogP contribution >= 0.6 is 0 Å². The van der Waals surface area contributed by atoms with Crippen LogP contribution in [-0.4, -0.2) is 78.0 Å². The lowest BCUT2D eigenvalue weighted by Crippen LogP contribution is -2.56. The fourth-order valence-electron chi connectivity index (χ4n) is 4.79. The van der Waals surface area contributed by atoms with Crippen molar-refractivity contribution < 1.29 is 23.5 Å². The lowest BCUT2D eigenvalue weighted by Gasteiger charge is -2.43. The van der Waals surface area contributed by atoms with E-state index in [0.717, 1.165) is 0 Å². The Morgan fingerprint density at radius 1 is 1.17 bits per heavy atom. The largest absolute Gasteiger partial charge is 0.463 e. The quantitative estimate of drug-likeness (QED) is 0.568. The Kier molecular flexibility index (Phi) is 8.88. The zero-order valence-electron chi connectivity index (χ0n) is 21.3. The summed E-state index contributed by atoms with van der Waals surface area (Å²) in [6.45, 7) is 12.5. The van der Waals surface area contributed by atoms with E-state index in [9.17, 15) is 18.8 Å². The monoisotopic (exact) mass is 488 g/mol. The molecule has 0 aliphatic carbocycles. The van der Waals surface area contributed by atoms with Crippen molar-refractivity contribution >= 4 is 17.9 Å². The lowest BCUT2D eigenvalue weighted by atomic mass is 9.94. The number of amides is 3. The molecule has 0 spiro atoms. The number of hydrogen-bond acceptors (Lipinski definition) is 5. The van der Waals surface area contributed by atoms with Gasteiger partial charge in [-0.2, -0.15) is 0 Å². The number of hydrogen-bond donors (Lipinski definition) is 1. The first kappa shape index (κ1) is 26.7. The van der Waals surface area contributed by atoms with Crippen LogP contribution in [0.4, 0.5) is 9.18 Å². The number of rotatable bonds is 8. The summed E-state index contributed by atoms with van der Waals surface area (Å²) in [5, 5.41) is 2.89. The highest BCUT2D eigenvalue weighted by atomic mass is 19.1. The van der Waals surface area contributed by atoms with Crippen molar-refractivity contribution in [1.82, 2.24) is 20.0 Å². The number of nitrogens with zero attached hydrogens (tertiary/aromatic N) is 3. The normalized spacial score (nSPS) is 21.4. The highest BCUT2D eigenvalue weighted by Gasteiger charge is 2.39. The number of carbonyl (C=O) groups excluding carboxylic acids is 3. The molecule has 192 valence electrons. The molecule has 0 aromatic heterocycles. The number of carbonyl (C=O) groups is 3. The summed E-state index contributed by atoms with van der Waals surface area (Å²) in [4.78, 5) is 44.5. The van der Waals surface area contributed by atoms with Gasteiger partial charge in [0.2, 0.25) is 5.91 Å². The molecule has 1 N–H and O–H groups in total. The molecule has 3 amide bonds. The van der Waals surface area contributed by atoms with Gasteiger partial charge in [-0.15, -0.1) is 0 Å². The molecule has 2 unspecified atom stereocenters. The van der Waals surface area contributed by atoms with Gasteiger partial charge in [0.15, 0.2) is 0 Å². The first-order chi connectivity index (χ1) is 16.7. The molecule has 0 bridgehead atoms. The molecule has 2 aliphatic heterocycles. The molecule has 9 heteroatoms. The molecule has 1 aromatic carbocycles. The average molecular weight is 489 g/mol. The van der Waals surface area contributed by atoms with Gasteiger partial charge in [0.05, 0.1) is 18.2 Å². The van der Waals surface area contributed by atoms with Crippen LogP contribution in [0, 0.1) is 11.7 Å². The first-order valence-electron chi connectivity index (χ1n) is 12.4. The number of halogens is 1. The maximum absolute atomic E-state index is 13.6. The zero-order valence-corrected chi connectivity index (χ0v) is 21.3. The van der Waals surface area contributed by atoms with Crippen LogP contribution in [0.1, 0.15) is 52.6 Å². The van der Waals surface area contributed by atoms with Crippen molar-refractivity contribution in [1.29, 1.82) is 0 Å². The third kappa shape index (κ3) is 6.20. The summed E-state index contributed by atoms with van der Waals surface area (Å²) < 4.78 is 19.0. The van der Waals surface area contributed by atoms with Crippen LogP contribution in [0.2, 0.25) is 0 Å². The van der Waals surface area contributed by atoms with Gasteiger partial charge in [0.25, 0.3) is 0 Å². The van der Waals surface area contributed by atoms with E-state index in [-0.39, 0.29) is 24.6 Å². The molecule has 0 saturated carbocycles. The number of benzene rings is 1. The number of esters is 1. The Bertz CT molecular complexity index is 963. The highest BCUT2D eigenvalue weighted by Crippen LogP contribution is 2.32. The fraction of sp³-hybridized carbons (Fsp3) is 0.577. The minimum absolute atomic E-state index is 0.0158. The van der Waals surface area contributed by atoms with Crippen LogP contribution in [0.25, 0.3) is 0 Å². The van der Waals surface area contributed by atoms with Crippen molar-refractivity contribution in [2.75, 3.05) is 39.3 Å². The predicted octanol–water partition coefficient (Wildman–Crippen LogP) is 3.31. The van der Waals surface area contributed by atoms with Gasteiger partial charge in [-0.1, -0.05) is 26.0 Å². The van der Waals surface area contributed by atoms with Crippen LogP contribution in [0.3, 0.4) is 0 Å². The molecule has 0 radical (unpaired) electrons. The summed E-state index contributed by atoms with van der Waals surface area (Å²) in [5.74, 6) is -0.449. The van der Waals surface area contributed by atoms with E-state index in [2.05, 4.69) is 10.2 Å². The van der Waals surface area contributed by atoms with Crippen molar-refractivity contribution in [2.24, 2.45) is 5.92 Å². The molecule has 2 heterocycles. The third-order valence-electron chi connectivity index (χ3n) is 6.44. The van der Waals surface area contributed by atoms with E-state index in [0.29, 0.717) is 61.9 Å². The van der Waals surface area contributed by atoms with Crippen LogP contribution < -0.4 is 5.32 Å². The summed E-state index contributed by atoms with van der Waals surface area (Å²) in [7, 11) is 0. The molecule has 8 nitrogen and oxygen atoms in total. The van der Waals surface area contributed by atoms with Crippen molar-refractivity contribution in [3.63, 3.8) is 0 Å². The summed E-state index contributed by atoms with van der Waals surface area (Å²) in [5.41, 5.74) is 1.54. The van der Waals surface area contributed by atoms with E-state index in [1.807, 2.05) is 32.6 Å². The second kappa shape index (κ2) is 11.7. The Morgan fingerprint density at radius 2 is 1.86 bits per heavy atom. The summed E-state index contributed by atoms with van der Waals surface area (Å²) >= 11 is 0. The second-order valence-corrected chi connectivity index (χ2v) is 9.53. The average Bonchev–Trinajstić information content (AvgIpc) is 2.79. The van der Waals surface area contributed by atoms with E-state index in [4.69, 9.17) is 4.74 Å². The molecule has 2 aliphatic rings. The van der Waals surface area contributed by atoms with Gasteiger partial charge in [0, 0.05) is 50.9 Å². The van der Waals surface area contributed by atoms with Gasteiger partial charge >= 0.3 is 12.0 Å². The summed E-state index contributed by atoms with van der Waals surface area (Å²) in [6.07, 6.45) is 0.519. The van der Waals surface area contributed by atoms with Crippen molar-refractivity contribution in [2.45, 2.75) is 53.1 Å². The standard InChI is InChI=1S/C26H37FN4O4/c1-6-30-21(16-29-12-13-31(18(5)15-29)22(32)14-17(3)4)23(25(33)35-7-2)24(28-26(30)34)19-8-10-20(27)11-9-19/h8-11,17-18,24H,6-7,12-16H2,1-5H3,(H,28,34). The van der Waals surface area contributed by atoms with Crippen LogP contribution in [0.15, 0.2) is 35.5 Å². The van der Waals surface area contributed by atoms with Gasteiger partial charge in [-0.3, -0.25) is 14.6 Å². The molecular formula is C26H37FN4O4. The zero-order chi connectivity index (χ0) is 25.7. The van der Waals surface area contributed by atoms with E-state index >= 15 is 0 Å². The van der Waals surface area contributed by atoms with Gasteiger partial charge < -0.3 is 15.0 Å². The topological polar surface area (TPSA) is 82.2 Å². The minimum Gasteiger partial charge on any atom is -0.463 e. The Hall–Kier alpha value is -2.94. The maximum atomic E-state index is 13.6. The lowest BCUT2D eigenvalue weighted by molar-refractivity contribution is -0.139. The number of piperazine rings is 1. The minimum atomic E-state index is -0.744. The Balaban J connectivity index is 1.93. The number of likely N-dealkylation sites (N-methyl/N-ethyl adjacent to an activating group) is 1. The van der Waals surface area contributed by atoms with E-state index in [1.54, 1.807) is 24.0 Å². The van der Waals surface area contributed by atoms with Crippen LogP contribution in [0.5, 0.6) is 0 Å². The van der Waals surface area contributed by atoms with Crippen molar-refractivity contribution in [3.8, 4) is 0 Å². The molecule has 35 heavy (non-hydrogen) atoms. The number of ether oxygens (including phenoxy) is 1. The van der Waals surface area contributed by atoms with Crippen molar-refractivity contribution in [3.05, 3.63) is 46.9 Å². The molecule has 1 saturated heterocycles. The van der Waals surface area contributed by atoms with E-state index < -0.39 is 17.8 Å². The number of nitrogens with one attached hydrogen (secondary N) is 1. The predicted molar refractivity (Wildman–Crippen MR) is 131 cm³/mol. The molecule has 1 aromatic rings. The fourth-order valence-corrected chi connectivity index (χ4v) is 4.79. The van der Waals surface area contributed by atoms with Gasteiger partial charge in [-0.05, 0) is 44.4 Å². The summed E-state index contributed by atoms with van der Waals surface area (Å²) in [6, 6.07) is 4.72. The highest BCUT2D eigenvalue weighted by molar-refractivity contribution is 5.95. The SMILES string of the molecule is CCOC(=O)C1=C(CN2CCN(C(=O)CC(C)C)C(C)C2)N(CC)C(=O)NC1c1ccc(F)cc1. The second-order valence-electron chi connectivity index (χ2n) is 9.53. The van der Waals surface area contributed by atoms with E-state index in [1.165, 1.54) is 12.1 Å². The van der Waals surface area contributed by atoms with Crippen LogP contribution in [-0.2, 0) is 14.3 Å². The first-order valence-corrected chi connectivity index (χ1v) is 12.4. The molecule has 1 fully saturated rings. The Morgan fingerprint density at radius 3 is 2.43 bits per heavy atom. The molecule has 3 rings (SSSR count). The molecular weight excluding hydrogens is 451 g/mol. The Labute approximate surface area is 207 Å². The smallest absolute Gasteiger partial charge is 0.338 e. The van der Waals surface area contributed by atoms with Gasteiger partial charge in [0.1, 0.15) is 5.82 Å². The molecule has 2 atom stereocenters.